The molecule has 160 valence electrons. The number of aromatic nitrogens is 2. The Morgan fingerprint density at radius 1 is 1.06 bits per heavy atom. The first-order chi connectivity index (χ1) is 15.3. The summed E-state index contributed by atoms with van der Waals surface area (Å²) in [7, 11) is 0. The van der Waals surface area contributed by atoms with Gasteiger partial charge in [-0.15, -0.1) is 0 Å². The molecule has 0 amide bonds. The van der Waals surface area contributed by atoms with Crippen LogP contribution in [0.3, 0.4) is 0 Å². The molecule has 4 aromatic rings. The van der Waals surface area contributed by atoms with E-state index < -0.39 is 22.6 Å². The molecule has 0 fully saturated rings. The molecule has 0 atom stereocenters. The number of ether oxygens (including phenoxy) is 1. The SMILES string of the molecule is N#Cc1ccc(Oc2ccc(Nc3nc(-c4cccnc4)c(F)s3)cc2C(F)(F)F)cc1. The van der Waals surface area contributed by atoms with Crippen LogP contribution in [0.5, 0.6) is 11.5 Å². The Bertz CT molecular complexity index is 1280. The number of halogens is 4. The molecule has 1 N–H and O–H groups in total. The van der Waals surface area contributed by atoms with Crippen LogP contribution in [0.15, 0.2) is 67.0 Å². The van der Waals surface area contributed by atoms with Crippen LogP contribution in [0, 0.1) is 16.5 Å². The van der Waals surface area contributed by atoms with Crippen LogP contribution in [0.4, 0.5) is 28.4 Å². The molecule has 0 saturated heterocycles. The van der Waals surface area contributed by atoms with Crippen molar-refractivity contribution in [3.05, 3.63) is 83.2 Å². The van der Waals surface area contributed by atoms with Crippen LogP contribution < -0.4 is 10.1 Å². The van der Waals surface area contributed by atoms with E-state index in [1.165, 1.54) is 42.7 Å². The molecule has 0 aliphatic carbocycles. The van der Waals surface area contributed by atoms with Crippen LogP contribution >= 0.6 is 11.3 Å². The molecule has 2 aromatic carbocycles. The van der Waals surface area contributed by atoms with Gasteiger partial charge in [0, 0.05) is 23.6 Å². The van der Waals surface area contributed by atoms with E-state index in [1.54, 1.807) is 12.1 Å². The minimum atomic E-state index is -4.70. The number of rotatable bonds is 5. The molecule has 5 nitrogen and oxygen atoms in total. The highest BCUT2D eigenvalue weighted by atomic mass is 32.1. The Labute approximate surface area is 183 Å². The second kappa shape index (κ2) is 8.64. The maximum Gasteiger partial charge on any atom is 0.420 e. The highest BCUT2D eigenvalue weighted by molar-refractivity contribution is 7.14. The highest BCUT2D eigenvalue weighted by Gasteiger charge is 2.35. The Morgan fingerprint density at radius 2 is 1.84 bits per heavy atom. The van der Waals surface area contributed by atoms with Crippen LogP contribution in [0.2, 0.25) is 0 Å². The fourth-order valence-electron chi connectivity index (χ4n) is 2.80. The standard InChI is InChI=1S/C22H12F4N4OS/c23-20-19(14-2-1-9-28-12-14)30-21(32-20)29-15-5-8-18(17(10-15)22(24,25)26)31-16-6-3-13(11-27)4-7-16/h1-10,12H,(H,29,30). The van der Waals surface area contributed by atoms with E-state index in [9.17, 15) is 17.6 Å². The van der Waals surface area contributed by atoms with Crippen molar-refractivity contribution in [1.82, 2.24) is 9.97 Å². The van der Waals surface area contributed by atoms with Gasteiger partial charge >= 0.3 is 6.18 Å². The summed E-state index contributed by atoms with van der Waals surface area (Å²) in [6.07, 6.45) is -1.72. The highest BCUT2D eigenvalue weighted by Crippen LogP contribution is 2.40. The van der Waals surface area contributed by atoms with Gasteiger partial charge in [0.2, 0.25) is 5.13 Å². The van der Waals surface area contributed by atoms with Crippen molar-refractivity contribution < 1.29 is 22.3 Å². The normalized spacial score (nSPS) is 11.1. The van der Waals surface area contributed by atoms with E-state index in [4.69, 9.17) is 10.00 Å². The largest absolute Gasteiger partial charge is 0.457 e. The molecule has 0 radical (unpaired) electrons. The van der Waals surface area contributed by atoms with Crippen molar-refractivity contribution >= 4 is 22.2 Å². The summed E-state index contributed by atoms with van der Waals surface area (Å²) in [5, 5.41) is 11.0. The Morgan fingerprint density at radius 3 is 2.50 bits per heavy atom. The van der Waals surface area contributed by atoms with E-state index in [1.807, 2.05) is 6.07 Å². The summed E-state index contributed by atoms with van der Waals surface area (Å²) in [5.74, 6) is -0.257. The Balaban J connectivity index is 1.61. The maximum absolute atomic E-state index is 14.3. The van der Waals surface area contributed by atoms with Gasteiger partial charge in [-0.05, 0) is 54.6 Å². The number of nitrogens with zero attached hydrogens (tertiary/aromatic N) is 3. The molecule has 0 saturated carbocycles. The van der Waals surface area contributed by atoms with Gasteiger partial charge < -0.3 is 10.1 Å². The summed E-state index contributed by atoms with van der Waals surface area (Å²) >= 11 is 0.672. The molecule has 0 unspecified atom stereocenters. The second-order valence-electron chi connectivity index (χ2n) is 6.45. The summed E-state index contributed by atoms with van der Waals surface area (Å²) in [4.78, 5) is 8.04. The van der Waals surface area contributed by atoms with Crippen molar-refractivity contribution in [2.75, 3.05) is 5.32 Å². The maximum atomic E-state index is 14.3. The molecule has 0 aliphatic heterocycles. The lowest BCUT2D eigenvalue weighted by molar-refractivity contribution is -0.138. The average Bonchev–Trinajstić information content (AvgIpc) is 3.15. The van der Waals surface area contributed by atoms with Crippen LogP contribution in [0.1, 0.15) is 11.1 Å². The zero-order valence-corrected chi connectivity index (χ0v) is 16.8. The van der Waals surface area contributed by atoms with E-state index in [0.717, 1.165) is 12.1 Å². The molecular weight excluding hydrogens is 444 g/mol. The first-order valence-electron chi connectivity index (χ1n) is 9.06. The lowest BCUT2D eigenvalue weighted by Crippen LogP contribution is -2.08. The predicted octanol–water partition coefficient (Wildman–Crippen LogP) is 6.77. The predicted molar refractivity (Wildman–Crippen MR) is 111 cm³/mol. The molecule has 4 rings (SSSR count). The number of benzene rings is 2. The number of alkyl halides is 3. The van der Waals surface area contributed by atoms with Gasteiger partial charge in [0.05, 0.1) is 11.6 Å². The summed E-state index contributed by atoms with van der Waals surface area (Å²) in [5.41, 5.74) is -0.0829. The Kier molecular flexibility index (Phi) is 5.75. The number of pyridine rings is 1. The molecule has 0 bridgehead atoms. The zero-order valence-electron chi connectivity index (χ0n) is 16.0. The number of hydrogen-bond acceptors (Lipinski definition) is 6. The molecule has 10 heteroatoms. The number of anilines is 2. The third-order valence-electron chi connectivity index (χ3n) is 4.27. The topological polar surface area (TPSA) is 70.8 Å². The summed E-state index contributed by atoms with van der Waals surface area (Å²) in [6.45, 7) is 0. The van der Waals surface area contributed by atoms with E-state index in [0.29, 0.717) is 22.5 Å². The average molecular weight is 456 g/mol. The van der Waals surface area contributed by atoms with Gasteiger partial charge in [0.15, 0.2) is 5.13 Å². The van der Waals surface area contributed by atoms with E-state index in [2.05, 4.69) is 15.3 Å². The first kappa shape index (κ1) is 21.3. The fourth-order valence-corrected chi connectivity index (χ4v) is 3.54. The zero-order chi connectivity index (χ0) is 22.7. The molecule has 0 spiro atoms. The van der Waals surface area contributed by atoms with Gasteiger partial charge in [0.1, 0.15) is 22.8 Å². The smallest absolute Gasteiger partial charge is 0.420 e. The molecule has 2 aromatic heterocycles. The van der Waals surface area contributed by atoms with E-state index >= 15 is 0 Å². The van der Waals surface area contributed by atoms with Gasteiger partial charge in [-0.2, -0.15) is 22.8 Å². The second-order valence-corrected chi connectivity index (χ2v) is 7.40. The third-order valence-corrected chi connectivity index (χ3v) is 5.03. The molecule has 2 heterocycles. The minimum absolute atomic E-state index is 0.0578. The molecule has 32 heavy (non-hydrogen) atoms. The first-order valence-corrected chi connectivity index (χ1v) is 9.88. The van der Waals surface area contributed by atoms with Gasteiger partial charge in [-0.3, -0.25) is 4.98 Å². The van der Waals surface area contributed by atoms with Crippen molar-refractivity contribution in [2.45, 2.75) is 6.18 Å². The van der Waals surface area contributed by atoms with Crippen LogP contribution in [0.25, 0.3) is 11.3 Å². The number of nitriles is 1. The number of thiazole rings is 1. The third kappa shape index (κ3) is 4.68. The quantitative estimate of drug-likeness (QED) is 0.336. The van der Waals surface area contributed by atoms with Crippen molar-refractivity contribution in [1.29, 1.82) is 5.26 Å². The van der Waals surface area contributed by atoms with Crippen molar-refractivity contribution in [3.63, 3.8) is 0 Å². The summed E-state index contributed by atoms with van der Waals surface area (Å²) in [6, 6.07) is 14.3. The van der Waals surface area contributed by atoms with Gasteiger partial charge in [-0.1, -0.05) is 11.3 Å². The lowest BCUT2D eigenvalue weighted by atomic mass is 10.1. The van der Waals surface area contributed by atoms with Crippen LogP contribution in [-0.2, 0) is 6.18 Å². The molecular formula is C22H12F4N4OS. The number of nitrogens with one attached hydrogen (secondary N) is 1. The van der Waals surface area contributed by atoms with Crippen molar-refractivity contribution in [3.8, 4) is 28.8 Å². The Hall–Kier alpha value is -3.97. The van der Waals surface area contributed by atoms with Gasteiger partial charge in [0.25, 0.3) is 0 Å². The molecule has 0 aliphatic rings. The summed E-state index contributed by atoms with van der Waals surface area (Å²) < 4.78 is 60.6. The monoisotopic (exact) mass is 456 g/mol. The lowest BCUT2D eigenvalue weighted by Gasteiger charge is -2.15. The fraction of sp³-hybridized carbons (Fsp3) is 0.0455. The van der Waals surface area contributed by atoms with Gasteiger partial charge in [-0.25, -0.2) is 4.98 Å². The minimum Gasteiger partial charge on any atom is -0.457 e. The number of hydrogen-bond donors (Lipinski definition) is 1. The van der Waals surface area contributed by atoms with Crippen LogP contribution in [-0.4, -0.2) is 9.97 Å². The van der Waals surface area contributed by atoms with E-state index in [-0.39, 0.29) is 22.3 Å². The van der Waals surface area contributed by atoms with Crippen molar-refractivity contribution in [2.24, 2.45) is 0 Å².